The van der Waals surface area contributed by atoms with E-state index in [1.807, 2.05) is 0 Å². The lowest BCUT2D eigenvalue weighted by Gasteiger charge is -2.35. The van der Waals surface area contributed by atoms with Crippen LogP contribution in [0.3, 0.4) is 0 Å². The third-order valence-electron chi connectivity index (χ3n) is 6.16. The topological polar surface area (TPSA) is 136 Å². The van der Waals surface area contributed by atoms with Crippen LogP contribution in [0.2, 0.25) is 0 Å². The van der Waals surface area contributed by atoms with E-state index in [9.17, 15) is 48.3 Å². The Hall–Kier alpha value is -1.42. The average molecular weight is 657 g/mol. The van der Waals surface area contributed by atoms with Crippen molar-refractivity contribution in [3.63, 3.8) is 0 Å². The normalized spacial score (nSPS) is 26.3. The molecule has 5 atom stereocenters. The van der Waals surface area contributed by atoms with Gasteiger partial charge >= 0.3 is 39.5 Å². The first-order valence-electron chi connectivity index (χ1n) is 12.3. The van der Waals surface area contributed by atoms with Crippen LogP contribution in [-0.4, -0.2) is 92.3 Å². The van der Waals surface area contributed by atoms with Crippen LogP contribution < -0.4 is 0 Å². The molecule has 0 spiro atoms. The Bertz CT molecular complexity index is 1070. The van der Waals surface area contributed by atoms with Crippen LogP contribution in [0.5, 0.6) is 0 Å². The number of carboxylic acids is 1. The SMILES string of the molecule is COC(C)(C)OC(C)[C@H]1O[C@@H]2OC(C)(C)OC2C1OS(=O)(=O)C(F)(F)C(F)(F)OC(F)(F)C(F)(F)CCCCC(=O)O. The summed E-state index contributed by atoms with van der Waals surface area (Å²) >= 11 is 0. The molecule has 2 saturated heterocycles. The maximum atomic E-state index is 14.7. The Morgan fingerprint density at radius 1 is 1.00 bits per heavy atom. The first-order chi connectivity index (χ1) is 18.7. The number of carbonyl (C=O) groups is 1. The molecular weight excluding hydrogens is 624 g/mol. The molecule has 0 radical (unpaired) electrons. The van der Waals surface area contributed by atoms with Crippen molar-refractivity contribution in [3.05, 3.63) is 0 Å². The van der Waals surface area contributed by atoms with E-state index < -0.39 is 107 Å². The number of hydrogen-bond acceptors (Lipinski definition) is 10. The molecule has 2 aliphatic heterocycles. The van der Waals surface area contributed by atoms with Gasteiger partial charge < -0.3 is 28.8 Å². The Morgan fingerprint density at radius 2 is 1.57 bits per heavy atom. The van der Waals surface area contributed by atoms with E-state index in [0.717, 1.165) is 0 Å². The van der Waals surface area contributed by atoms with Gasteiger partial charge in [-0.3, -0.25) is 8.98 Å². The number of methoxy groups -OCH3 is 1. The van der Waals surface area contributed by atoms with Crippen LogP contribution in [0, 0.1) is 0 Å². The van der Waals surface area contributed by atoms with Crippen LogP contribution in [-0.2, 0) is 47.5 Å². The molecule has 3 unspecified atom stereocenters. The number of hydrogen-bond donors (Lipinski definition) is 1. The van der Waals surface area contributed by atoms with Crippen LogP contribution in [0.4, 0.5) is 35.1 Å². The Morgan fingerprint density at radius 3 is 2.10 bits per heavy atom. The number of unbranched alkanes of at least 4 members (excludes halogenated alkanes) is 1. The van der Waals surface area contributed by atoms with Crippen molar-refractivity contribution in [3.8, 4) is 0 Å². The largest absolute Gasteiger partial charge is 0.481 e. The molecule has 0 amide bonds. The van der Waals surface area contributed by atoms with Gasteiger partial charge in [-0.15, -0.1) is 0 Å². The molecule has 248 valence electrons. The average Bonchev–Trinajstić information content (AvgIpc) is 3.27. The number of alkyl halides is 8. The van der Waals surface area contributed by atoms with E-state index in [4.69, 9.17) is 28.8 Å². The lowest BCUT2D eigenvalue weighted by molar-refractivity contribution is -0.456. The molecule has 0 aromatic heterocycles. The van der Waals surface area contributed by atoms with Gasteiger partial charge in [0.15, 0.2) is 17.9 Å². The maximum Gasteiger partial charge on any atom is 0.460 e. The van der Waals surface area contributed by atoms with Gasteiger partial charge in [0, 0.05) is 20.0 Å². The van der Waals surface area contributed by atoms with Gasteiger partial charge in [-0.2, -0.15) is 43.5 Å². The van der Waals surface area contributed by atoms with Crippen LogP contribution >= 0.6 is 0 Å². The van der Waals surface area contributed by atoms with Crippen molar-refractivity contribution in [2.24, 2.45) is 0 Å². The minimum atomic E-state index is -7.00. The van der Waals surface area contributed by atoms with Crippen molar-refractivity contribution in [2.45, 2.75) is 126 Å². The highest BCUT2D eigenvalue weighted by molar-refractivity contribution is 7.87. The first kappa shape index (κ1) is 36.8. The number of halogens is 8. The first-order valence-corrected chi connectivity index (χ1v) is 13.7. The second-order valence-electron chi connectivity index (χ2n) is 10.5. The third-order valence-corrected chi connectivity index (χ3v) is 7.50. The number of ether oxygens (including phenoxy) is 6. The molecule has 0 bridgehead atoms. The highest BCUT2D eigenvalue weighted by Gasteiger charge is 2.75. The zero-order valence-electron chi connectivity index (χ0n) is 23.2. The number of rotatable bonds is 16. The predicted molar refractivity (Wildman–Crippen MR) is 121 cm³/mol. The van der Waals surface area contributed by atoms with Gasteiger partial charge in [-0.25, -0.2) is 4.74 Å². The fraction of sp³-hybridized carbons (Fsp3) is 0.955. The Balaban J connectivity index is 2.31. The number of aliphatic carboxylic acids is 1. The van der Waals surface area contributed by atoms with Gasteiger partial charge in [0.1, 0.15) is 18.3 Å². The van der Waals surface area contributed by atoms with E-state index in [0.29, 0.717) is 0 Å². The molecule has 2 rings (SSSR count). The molecule has 2 aliphatic rings. The molecule has 0 aromatic carbocycles. The number of carboxylic acid groups (broad SMARTS) is 1. The van der Waals surface area contributed by atoms with Gasteiger partial charge in [0.25, 0.3) is 0 Å². The van der Waals surface area contributed by atoms with Gasteiger partial charge in [0.05, 0.1) is 6.10 Å². The minimum absolute atomic E-state index is 0.588. The summed E-state index contributed by atoms with van der Waals surface area (Å²) in [4.78, 5) is 10.4. The zero-order chi connectivity index (χ0) is 32.7. The lowest BCUT2D eigenvalue weighted by atomic mass is 10.1. The molecular formula is C22H32F8O11S. The lowest BCUT2D eigenvalue weighted by Crippen LogP contribution is -2.57. The predicted octanol–water partition coefficient (Wildman–Crippen LogP) is 4.44. The van der Waals surface area contributed by atoms with Gasteiger partial charge in [-0.05, 0) is 47.5 Å². The summed E-state index contributed by atoms with van der Waals surface area (Å²) in [5.41, 5.74) is 0. The molecule has 20 heteroatoms. The summed E-state index contributed by atoms with van der Waals surface area (Å²) in [7, 11) is -5.77. The van der Waals surface area contributed by atoms with Crippen molar-refractivity contribution >= 4 is 16.1 Å². The summed E-state index contributed by atoms with van der Waals surface area (Å²) < 4.78 is 173. The van der Waals surface area contributed by atoms with E-state index in [-0.39, 0.29) is 0 Å². The Labute approximate surface area is 235 Å². The van der Waals surface area contributed by atoms with Gasteiger partial charge in [-0.1, -0.05) is 0 Å². The maximum absolute atomic E-state index is 14.7. The second kappa shape index (κ2) is 12.2. The summed E-state index contributed by atoms with van der Waals surface area (Å²) in [5.74, 6) is -9.88. The molecule has 0 aromatic rings. The summed E-state index contributed by atoms with van der Waals surface area (Å²) in [5, 5.41) is 1.79. The second-order valence-corrected chi connectivity index (χ2v) is 12.1. The quantitative estimate of drug-likeness (QED) is 0.109. The molecule has 2 fully saturated rings. The van der Waals surface area contributed by atoms with Crippen molar-refractivity contribution < 1.29 is 86.0 Å². The molecule has 42 heavy (non-hydrogen) atoms. The molecule has 11 nitrogen and oxygen atoms in total. The third kappa shape index (κ3) is 7.99. The highest BCUT2D eigenvalue weighted by atomic mass is 32.2. The summed E-state index contributed by atoms with van der Waals surface area (Å²) in [6, 6.07) is 0. The van der Waals surface area contributed by atoms with E-state index in [2.05, 4.69) is 8.92 Å². The van der Waals surface area contributed by atoms with Crippen molar-refractivity contribution in [1.82, 2.24) is 0 Å². The van der Waals surface area contributed by atoms with E-state index in [1.54, 1.807) is 0 Å². The zero-order valence-corrected chi connectivity index (χ0v) is 24.0. The van der Waals surface area contributed by atoms with Crippen molar-refractivity contribution in [1.29, 1.82) is 0 Å². The fourth-order valence-corrected chi connectivity index (χ4v) is 4.94. The summed E-state index contributed by atoms with van der Waals surface area (Å²) in [6.07, 6.45) is -25.6. The fourth-order valence-electron chi connectivity index (χ4n) is 3.97. The highest BCUT2D eigenvalue weighted by Crippen LogP contribution is 2.50. The van der Waals surface area contributed by atoms with Crippen LogP contribution in [0.1, 0.15) is 60.3 Å². The minimum Gasteiger partial charge on any atom is -0.481 e. The standard InChI is InChI=1S/C22H32F8O11S/c1-11(37-17(2,3)35-6)13-14(15-16(36-13)39-18(4,5)38-15)40-42(33,34)22(29,30)21(27,28)41-20(25,26)19(23,24)10-8-7-9-12(31)32/h11,13-16H,7-10H2,1-6H3,(H,31,32)/t11?,13-,14?,15?,16-/m1/s1. The molecule has 0 saturated carbocycles. The summed E-state index contributed by atoms with van der Waals surface area (Å²) in [6.45, 7) is 6.66. The van der Waals surface area contributed by atoms with Gasteiger partial charge in [0.2, 0.25) is 0 Å². The Kier molecular flexibility index (Phi) is 10.7. The number of fused-ring (bicyclic) bond motifs is 1. The van der Waals surface area contributed by atoms with E-state index in [1.165, 1.54) is 41.7 Å². The smallest absolute Gasteiger partial charge is 0.460 e. The molecule has 0 aliphatic carbocycles. The molecule has 2 heterocycles. The van der Waals surface area contributed by atoms with Crippen molar-refractivity contribution in [2.75, 3.05) is 7.11 Å². The van der Waals surface area contributed by atoms with E-state index >= 15 is 0 Å². The van der Waals surface area contributed by atoms with Crippen LogP contribution in [0.15, 0.2) is 0 Å². The molecule has 1 N–H and O–H groups in total. The van der Waals surface area contributed by atoms with Crippen LogP contribution in [0.25, 0.3) is 0 Å². The monoisotopic (exact) mass is 656 g/mol.